The van der Waals surface area contributed by atoms with Crippen LogP contribution in [-0.2, 0) is 11.4 Å². The minimum absolute atomic E-state index is 0.268. The highest BCUT2D eigenvalue weighted by Gasteiger charge is 2.07. The summed E-state index contributed by atoms with van der Waals surface area (Å²) in [7, 11) is 4.69. The summed E-state index contributed by atoms with van der Waals surface area (Å²) in [6.07, 6.45) is 3.16. The average molecular weight is 419 g/mol. The minimum atomic E-state index is -0.268. The fourth-order valence-corrected chi connectivity index (χ4v) is 2.91. The van der Waals surface area contributed by atoms with E-state index in [-0.39, 0.29) is 5.91 Å². The summed E-state index contributed by atoms with van der Waals surface area (Å²) < 4.78 is 21.8. The molecule has 0 heterocycles. The second kappa shape index (κ2) is 10.7. The summed E-state index contributed by atoms with van der Waals surface area (Å²) in [5.41, 5.74) is 2.49. The van der Waals surface area contributed by atoms with Gasteiger partial charge in [0.2, 0.25) is 5.91 Å². The van der Waals surface area contributed by atoms with Crippen LogP contribution < -0.4 is 24.3 Å². The van der Waals surface area contributed by atoms with E-state index < -0.39 is 0 Å². The van der Waals surface area contributed by atoms with Gasteiger partial charge in [0.15, 0.2) is 23.0 Å². The van der Waals surface area contributed by atoms with Gasteiger partial charge in [-0.3, -0.25) is 4.79 Å². The third kappa shape index (κ3) is 6.02. The van der Waals surface area contributed by atoms with Crippen molar-refractivity contribution < 1.29 is 23.7 Å². The molecule has 0 aromatic heterocycles. The predicted molar refractivity (Wildman–Crippen MR) is 121 cm³/mol. The number of carbonyl (C=O) groups is 1. The first kappa shape index (κ1) is 21.8. The lowest BCUT2D eigenvalue weighted by Crippen LogP contribution is -2.08. The van der Waals surface area contributed by atoms with Crippen LogP contribution >= 0.6 is 0 Å². The molecule has 0 unspecified atom stereocenters. The Labute approximate surface area is 182 Å². The highest BCUT2D eigenvalue weighted by atomic mass is 16.5. The highest BCUT2D eigenvalue weighted by molar-refractivity contribution is 6.02. The summed E-state index contributed by atoms with van der Waals surface area (Å²) in [5.74, 6) is 2.10. The van der Waals surface area contributed by atoms with E-state index >= 15 is 0 Å². The molecule has 0 spiro atoms. The van der Waals surface area contributed by atoms with E-state index in [1.165, 1.54) is 6.08 Å². The van der Waals surface area contributed by atoms with E-state index in [0.717, 1.165) is 11.1 Å². The van der Waals surface area contributed by atoms with Crippen molar-refractivity contribution in [3.8, 4) is 23.0 Å². The number of hydrogen-bond acceptors (Lipinski definition) is 5. The molecule has 1 N–H and O–H groups in total. The molecule has 3 aromatic carbocycles. The average Bonchev–Trinajstić information content (AvgIpc) is 2.82. The van der Waals surface area contributed by atoms with E-state index in [4.69, 9.17) is 18.9 Å². The summed E-state index contributed by atoms with van der Waals surface area (Å²) in [6.45, 7) is 0.445. The molecule has 0 bridgehead atoms. The minimum Gasteiger partial charge on any atom is -0.493 e. The van der Waals surface area contributed by atoms with Crippen molar-refractivity contribution >= 4 is 17.7 Å². The Morgan fingerprint density at radius 2 is 1.48 bits per heavy atom. The van der Waals surface area contributed by atoms with Crippen LogP contribution in [0.1, 0.15) is 11.1 Å². The number of nitrogens with one attached hydrogen (secondary N) is 1. The molecule has 0 aliphatic carbocycles. The van der Waals surface area contributed by atoms with E-state index in [1.54, 1.807) is 45.6 Å². The van der Waals surface area contributed by atoms with Gasteiger partial charge in [0, 0.05) is 17.8 Å². The lowest BCUT2D eigenvalue weighted by atomic mass is 10.2. The highest BCUT2D eigenvalue weighted by Crippen LogP contribution is 2.30. The van der Waals surface area contributed by atoms with Gasteiger partial charge in [0.1, 0.15) is 6.61 Å². The third-order valence-electron chi connectivity index (χ3n) is 4.50. The SMILES string of the molecule is COc1ccc(NC(=O)/C=C/c2ccc(OCc3ccccc3)c(OC)c2)cc1OC. The first-order valence-electron chi connectivity index (χ1n) is 9.69. The van der Waals surface area contributed by atoms with Gasteiger partial charge in [-0.1, -0.05) is 36.4 Å². The largest absolute Gasteiger partial charge is 0.493 e. The third-order valence-corrected chi connectivity index (χ3v) is 4.50. The molecule has 160 valence electrons. The fraction of sp³-hybridized carbons (Fsp3) is 0.160. The molecule has 0 aliphatic rings. The zero-order valence-electron chi connectivity index (χ0n) is 17.8. The predicted octanol–water partition coefficient (Wildman–Crippen LogP) is 4.94. The first-order chi connectivity index (χ1) is 15.1. The zero-order chi connectivity index (χ0) is 22.1. The van der Waals surface area contributed by atoms with Crippen molar-refractivity contribution in [2.24, 2.45) is 0 Å². The summed E-state index contributed by atoms with van der Waals surface area (Å²) in [4.78, 5) is 12.3. The number of amides is 1. The van der Waals surface area contributed by atoms with Crippen LogP contribution in [-0.4, -0.2) is 27.2 Å². The van der Waals surface area contributed by atoms with E-state index in [2.05, 4.69) is 5.32 Å². The van der Waals surface area contributed by atoms with Crippen molar-refractivity contribution in [2.75, 3.05) is 26.6 Å². The smallest absolute Gasteiger partial charge is 0.248 e. The van der Waals surface area contributed by atoms with Gasteiger partial charge >= 0.3 is 0 Å². The lowest BCUT2D eigenvalue weighted by molar-refractivity contribution is -0.111. The van der Waals surface area contributed by atoms with Crippen LogP contribution in [0.3, 0.4) is 0 Å². The lowest BCUT2D eigenvalue weighted by Gasteiger charge is -2.11. The molecule has 0 saturated heterocycles. The summed E-state index contributed by atoms with van der Waals surface area (Å²) in [5, 5.41) is 2.80. The molecule has 0 fully saturated rings. The topological polar surface area (TPSA) is 66.0 Å². The van der Waals surface area contributed by atoms with Crippen LogP contribution in [0.25, 0.3) is 6.08 Å². The van der Waals surface area contributed by atoms with Gasteiger partial charge in [-0.25, -0.2) is 0 Å². The van der Waals surface area contributed by atoms with Gasteiger partial charge in [-0.2, -0.15) is 0 Å². The van der Waals surface area contributed by atoms with E-state index in [9.17, 15) is 4.79 Å². The molecule has 0 saturated carbocycles. The van der Waals surface area contributed by atoms with Crippen LogP contribution in [0.5, 0.6) is 23.0 Å². The van der Waals surface area contributed by atoms with Crippen molar-refractivity contribution in [1.29, 1.82) is 0 Å². The number of hydrogen-bond donors (Lipinski definition) is 1. The Morgan fingerprint density at radius 3 is 2.19 bits per heavy atom. The van der Waals surface area contributed by atoms with Crippen LogP contribution in [0.15, 0.2) is 72.8 Å². The second-order valence-electron chi connectivity index (χ2n) is 6.58. The molecular formula is C25H25NO5. The molecule has 0 radical (unpaired) electrons. The second-order valence-corrected chi connectivity index (χ2v) is 6.58. The first-order valence-corrected chi connectivity index (χ1v) is 9.69. The Kier molecular flexibility index (Phi) is 7.54. The van der Waals surface area contributed by atoms with Crippen molar-refractivity contribution in [2.45, 2.75) is 6.61 Å². The van der Waals surface area contributed by atoms with Gasteiger partial charge < -0.3 is 24.3 Å². The number of methoxy groups -OCH3 is 3. The summed E-state index contributed by atoms with van der Waals surface area (Å²) in [6, 6.07) is 20.6. The molecule has 6 nitrogen and oxygen atoms in total. The van der Waals surface area contributed by atoms with E-state index in [0.29, 0.717) is 35.3 Å². The molecule has 1 amide bonds. The molecule has 3 aromatic rings. The Balaban J connectivity index is 1.64. The van der Waals surface area contributed by atoms with Crippen LogP contribution in [0, 0.1) is 0 Å². The van der Waals surface area contributed by atoms with Gasteiger partial charge in [-0.05, 0) is 41.5 Å². The fourth-order valence-electron chi connectivity index (χ4n) is 2.91. The molecule has 31 heavy (non-hydrogen) atoms. The molecule has 0 aliphatic heterocycles. The maximum atomic E-state index is 12.3. The molecular weight excluding hydrogens is 394 g/mol. The quantitative estimate of drug-likeness (QED) is 0.498. The Hall–Kier alpha value is -3.93. The van der Waals surface area contributed by atoms with Gasteiger partial charge in [0.25, 0.3) is 0 Å². The van der Waals surface area contributed by atoms with Crippen LogP contribution in [0.2, 0.25) is 0 Å². The number of benzene rings is 3. The monoisotopic (exact) mass is 419 g/mol. The number of anilines is 1. The maximum absolute atomic E-state index is 12.3. The van der Waals surface area contributed by atoms with E-state index in [1.807, 2.05) is 48.5 Å². The number of rotatable bonds is 9. The van der Waals surface area contributed by atoms with Gasteiger partial charge in [-0.15, -0.1) is 0 Å². The summed E-state index contributed by atoms with van der Waals surface area (Å²) >= 11 is 0. The molecule has 0 atom stereocenters. The Bertz CT molecular complexity index is 1050. The van der Waals surface area contributed by atoms with Crippen molar-refractivity contribution in [3.05, 3.63) is 83.9 Å². The maximum Gasteiger partial charge on any atom is 0.248 e. The zero-order valence-corrected chi connectivity index (χ0v) is 17.8. The Morgan fingerprint density at radius 1 is 0.806 bits per heavy atom. The van der Waals surface area contributed by atoms with Crippen molar-refractivity contribution in [3.63, 3.8) is 0 Å². The number of carbonyl (C=O) groups excluding carboxylic acids is 1. The normalized spacial score (nSPS) is 10.5. The molecule has 6 heteroatoms. The standard InChI is InChI=1S/C25H25NO5/c1-28-21-13-11-20(16-24(21)30-3)26-25(27)14-10-18-9-12-22(23(15-18)29-2)31-17-19-7-5-4-6-8-19/h4-16H,17H2,1-3H3,(H,26,27)/b14-10+. The molecule has 3 rings (SSSR count). The van der Waals surface area contributed by atoms with Crippen molar-refractivity contribution in [1.82, 2.24) is 0 Å². The van der Waals surface area contributed by atoms with Gasteiger partial charge in [0.05, 0.1) is 21.3 Å². The number of ether oxygens (including phenoxy) is 4. The van der Waals surface area contributed by atoms with Crippen LogP contribution in [0.4, 0.5) is 5.69 Å².